The summed E-state index contributed by atoms with van der Waals surface area (Å²) >= 11 is 3.39. The van der Waals surface area contributed by atoms with Crippen molar-refractivity contribution >= 4 is 21.6 Å². The molecular formula is C13H15BrN2. The number of nitrogens with zero attached hydrogens (tertiary/aromatic N) is 1. The van der Waals surface area contributed by atoms with Gasteiger partial charge in [-0.2, -0.15) is 5.26 Å². The second kappa shape index (κ2) is 5.36. The lowest BCUT2D eigenvalue weighted by molar-refractivity contribution is 0.687. The van der Waals surface area contributed by atoms with Crippen LogP contribution in [0.5, 0.6) is 0 Å². The monoisotopic (exact) mass is 278 g/mol. The van der Waals surface area contributed by atoms with Crippen molar-refractivity contribution in [3.05, 3.63) is 28.2 Å². The summed E-state index contributed by atoms with van der Waals surface area (Å²) in [4.78, 5) is 0. The molecule has 84 valence electrons. The first-order valence-electron chi connectivity index (χ1n) is 5.73. The molecule has 0 heterocycles. The van der Waals surface area contributed by atoms with Crippen molar-refractivity contribution in [3.8, 4) is 6.07 Å². The third-order valence-electron chi connectivity index (χ3n) is 2.93. The largest absolute Gasteiger partial charge is 0.384 e. The van der Waals surface area contributed by atoms with E-state index in [2.05, 4.69) is 27.3 Å². The number of nitriles is 1. The first kappa shape index (κ1) is 11.5. The molecule has 0 unspecified atom stereocenters. The molecule has 16 heavy (non-hydrogen) atoms. The summed E-state index contributed by atoms with van der Waals surface area (Å²) in [5, 5.41) is 12.4. The van der Waals surface area contributed by atoms with Crippen molar-refractivity contribution in [2.45, 2.75) is 25.7 Å². The van der Waals surface area contributed by atoms with E-state index in [1.165, 1.54) is 25.7 Å². The molecule has 2 nitrogen and oxygen atoms in total. The van der Waals surface area contributed by atoms with Crippen LogP contribution >= 0.6 is 15.9 Å². The van der Waals surface area contributed by atoms with Crippen LogP contribution in [0.4, 0.5) is 5.69 Å². The van der Waals surface area contributed by atoms with Crippen LogP contribution in [0.25, 0.3) is 0 Å². The smallest absolute Gasteiger partial charge is 0.103 e. The molecule has 0 atom stereocenters. The Morgan fingerprint density at radius 1 is 1.44 bits per heavy atom. The van der Waals surface area contributed by atoms with Crippen LogP contribution in [0.1, 0.15) is 31.2 Å². The van der Waals surface area contributed by atoms with Gasteiger partial charge < -0.3 is 5.32 Å². The molecule has 1 aromatic carbocycles. The van der Waals surface area contributed by atoms with E-state index in [1.54, 1.807) is 0 Å². The van der Waals surface area contributed by atoms with Crippen molar-refractivity contribution in [1.29, 1.82) is 5.26 Å². The van der Waals surface area contributed by atoms with Crippen molar-refractivity contribution in [2.24, 2.45) is 5.92 Å². The third-order valence-corrected chi connectivity index (χ3v) is 3.59. The maximum absolute atomic E-state index is 9.03. The highest BCUT2D eigenvalue weighted by atomic mass is 79.9. The topological polar surface area (TPSA) is 35.8 Å². The third kappa shape index (κ3) is 2.99. The first-order chi connectivity index (χ1) is 7.81. The highest BCUT2D eigenvalue weighted by Gasteiger charge is 2.19. The van der Waals surface area contributed by atoms with Crippen LogP contribution in [0, 0.1) is 17.2 Å². The first-order valence-corrected chi connectivity index (χ1v) is 6.53. The average molecular weight is 279 g/mol. The zero-order chi connectivity index (χ0) is 11.4. The van der Waals surface area contributed by atoms with Gasteiger partial charge in [0.25, 0.3) is 0 Å². The molecule has 0 bridgehead atoms. The Balaban J connectivity index is 1.87. The highest BCUT2D eigenvalue weighted by Crippen LogP contribution is 2.33. The molecule has 1 fully saturated rings. The van der Waals surface area contributed by atoms with E-state index in [0.29, 0.717) is 5.56 Å². The van der Waals surface area contributed by atoms with E-state index in [4.69, 9.17) is 5.26 Å². The van der Waals surface area contributed by atoms with Gasteiger partial charge in [-0.15, -0.1) is 0 Å². The zero-order valence-electron chi connectivity index (χ0n) is 9.17. The Morgan fingerprint density at radius 2 is 2.25 bits per heavy atom. The number of benzene rings is 1. The Hall–Kier alpha value is -1.01. The number of rotatable bonds is 5. The SMILES string of the molecule is N#Cc1c(Br)cccc1NCCCC1CC1. The van der Waals surface area contributed by atoms with Crippen molar-refractivity contribution in [3.63, 3.8) is 0 Å². The molecule has 2 rings (SSSR count). The lowest BCUT2D eigenvalue weighted by Crippen LogP contribution is -2.03. The summed E-state index contributed by atoms with van der Waals surface area (Å²) in [7, 11) is 0. The average Bonchev–Trinajstić information content (AvgIpc) is 3.08. The summed E-state index contributed by atoms with van der Waals surface area (Å²) in [6.45, 7) is 0.960. The van der Waals surface area contributed by atoms with Crippen LogP contribution in [-0.2, 0) is 0 Å². The lowest BCUT2D eigenvalue weighted by Gasteiger charge is -2.08. The molecular weight excluding hydrogens is 264 g/mol. The van der Waals surface area contributed by atoms with Gasteiger partial charge in [-0.25, -0.2) is 0 Å². The van der Waals surface area contributed by atoms with Gasteiger partial charge >= 0.3 is 0 Å². The fourth-order valence-corrected chi connectivity index (χ4v) is 2.26. The Bertz CT molecular complexity index is 405. The predicted octanol–water partition coefficient (Wildman–Crippen LogP) is 3.92. The zero-order valence-corrected chi connectivity index (χ0v) is 10.8. The molecule has 0 aromatic heterocycles. The molecule has 0 radical (unpaired) electrons. The summed E-state index contributed by atoms with van der Waals surface area (Å²) < 4.78 is 0.863. The minimum Gasteiger partial charge on any atom is -0.384 e. The Labute approximate surface area is 105 Å². The van der Waals surface area contributed by atoms with E-state index < -0.39 is 0 Å². The predicted molar refractivity (Wildman–Crippen MR) is 69.3 cm³/mol. The van der Waals surface area contributed by atoms with Gasteiger partial charge in [-0.1, -0.05) is 18.9 Å². The van der Waals surface area contributed by atoms with Crippen LogP contribution in [0.2, 0.25) is 0 Å². The molecule has 1 saturated carbocycles. The standard InChI is InChI=1S/C13H15BrN2/c14-12-4-1-5-13(11(12)9-15)16-8-2-3-10-6-7-10/h1,4-5,10,16H,2-3,6-8H2. The molecule has 1 N–H and O–H groups in total. The summed E-state index contributed by atoms with van der Waals surface area (Å²) in [6, 6.07) is 8.02. The molecule has 0 saturated heterocycles. The summed E-state index contributed by atoms with van der Waals surface area (Å²) in [5.74, 6) is 0.986. The van der Waals surface area contributed by atoms with Crippen LogP contribution < -0.4 is 5.32 Å². The number of anilines is 1. The number of nitrogens with one attached hydrogen (secondary N) is 1. The number of hydrogen-bond donors (Lipinski definition) is 1. The normalized spacial score (nSPS) is 14.5. The minimum atomic E-state index is 0.703. The molecule has 1 aliphatic carbocycles. The molecule has 0 aliphatic heterocycles. The summed E-state index contributed by atoms with van der Waals surface area (Å²) in [5.41, 5.74) is 1.64. The summed E-state index contributed by atoms with van der Waals surface area (Å²) in [6.07, 6.45) is 5.35. The van der Waals surface area contributed by atoms with Crippen LogP contribution in [0.3, 0.4) is 0 Å². The van der Waals surface area contributed by atoms with Gasteiger partial charge in [0.2, 0.25) is 0 Å². The fraction of sp³-hybridized carbons (Fsp3) is 0.462. The highest BCUT2D eigenvalue weighted by molar-refractivity contribution is 9.10. The number of halogens is 1. The van der Waals surface area contributed by atoms with Gasteiger partial charge in [0, 0.05) is 11.0 Å². The van der Waals surface area contributed by atoms with E-state index >= 15 is 0 Å². The van der Waals surface area contributed by atoms with Gasteiger partial charge in [0.1, 0.15) is 6.07 Å². The minimum absolute atomic E-state index is 0.703. The van der Waals surface area contributed by atoms with Crippen molar-refractivity contribution in [2.75, 3.05) is 11.9 Å². The van der Waals surface area contributed by atoms with Gasteiger partial charge in [0.05, 0.1) is 11.3 Å². The second-order valence-electron chi connectivity index (χ2n) is 4.29. The fourth-order valence-electron chi connectivity index (χ4n) is 1.81. The molecule has 1 aliphatic rings. The maximum atomic E-state index is 9.03. The van der Waals surface area contributed by atoms with E-state index in [-0.39, 0.29) is 0 Å². The molecule has 0 spiro atoms. The number of hydrogen-bond acceptors (Lipinski definition) is 2. The second-order valence-corrected chi connectivity index (χ2v) is 5.14. The molecule has 0 amide bonds. The van der Waals surface area contributed by atoms with Gasteiger partial charge in [0.15, 0.2) is 0 Å². The van der Waals surface area contributed by atoms with E-state index in [0.717, 1.165) is 22.6 Å². The van der Waals surface area contributed by atoms with Crippen LogP contribution in [0.15, 0.2) is 22.7 Å². The van der Waals surface area contributed by atoms with E-state index in [9.17, 15) is 0 Å². The molecule has 3 heteroatoms. The van der Waals surface area contributed by atoms with Gasteiger partial charge in [-0.3, -0.25) is 0 Å². The quantitative estimate of drug-likeness (QED) is 0.829. The van der Waals surface area contributed by atoms with E-state index in [1.807, 2.05) is 18.2 Å². The molecule has 1 aromatic rings. The Kier molecular flexibility index (Phi) is 3.84. The maximum Gasteiger partial charge on any atom is 0.103 e. The van der Waals surface area contributed by atoms with Crippen molar-refractivity contribution in [1.82, 2.24) is 0 Å². The lowest BCUT2D eigenvalue weighted by atomic mass is 10.2. The van der Waals surface area contributed by atoms with Crippen molar-refractivity contribution < 1.29 is 0 Å². The van der Waals surface area contributed by atoms with Gasteiger partial charge in [-0.05, 0) is 46.8 Å². The Morgan fingerprint density at radius 3 is 2.94 bits per heavy atom. The van der Waals surface area contributed by atoms with Crippen LogP contribution in [-0.4, -0.2) is 6.54 Å².